The molecule has 0 fully saturated rings. The van der Waals surface area contributed by atoms with E-state index in [1.807, 2.05) is 36.6 Å². The Morgan fingerprint density at radius 3 is 2.61 bits per heavy atom. The van der Waals surface area contributed by atoms with Gasteiger partial charge in [-0.25, -0.2) is 0 Å². The molecular weight excluding hydrogens is 622 g/mol. The zero-order valence-electron chi connectivity index (χ0n) is 28.1. The number of rotatable bonds is 13. The summed E-state index contributed by atoms with van der Waals surface area (Å²) in [5, 5.41) is 67.2. The number of aromatic hydroxyl groups is 1. The van der Waals surface area contributed by atoms with Gasteiger partial charge in [-0.1, -0.05) is 49.0 Å². The molecule has 0 bridgehead atoms. The molecule has 9 atom stereocenters. The summed E-state index contributed by atoms with van der Waals surface area (Å²) in [6, 6.07) is 9.05. The zero-order valence-corrected chi connectivity index (χ0v) is 28.1. The van der Waals surface area contributed by atoms with Gasteiger partial charge in [0.15, 0.2) is 11.5 Å². The Balaban J connectivity index is 1.41. The van der Waals surface area contributed by atoms with E-state index in [1.54, 1.807) is 18.2 Å². The second-order valence-electron chi connectivity index (χ2n) is 13.7. The number of ether oxygens (including phenoxy) is 1. The Bertz CT molecular complexity index is 1490. The van der Waals surface area contributed by atoms with Crippen LogP contribution < -0.4 is 15.8 Å². The van der Waals surface area contributed by atoms with Crippen LogP contribution in [0.2, 0.25) is 0 Å². The molecule has 0 amide bonds. The molecule has 1 aromatic heterocycles. The highest BCUT2D eigenvalue weighted by molar-refractivity contribution is 5.44. The summed E-state index contributed by atoms with van der Waals surface area (Å²) >= 11 is 0. The molecule has 2 aliphatic carbocycles. The molecule has 3 aliphatic rings. The first-order valence-corrected chi connectivity index (χ1v) is 17.7. The van der Waals surface area contributed by atoms with Crippen molar-refractivity contribution in [1.29, 1.82) is 0 Å². The van der Waals surface area contributed by atoms with E-state index < -0.39 is 30.3 Å². The smallest absolute Gasteiger partial charge is 0.161 e. The number of dihydropyridines is 1. The molecule has 0 saturated carbocycles. The van der Waals surface area contributed by atoms with Gasteiger partial charge in [-0.2, -0.15) is 0 Å². The van der Waals surface area contributed by atoms with E-state index in [0.717, 1.165) is 36.1 Å². The number of aromatic amines is 1. The van der Waals surface area contributed by atoms with Crippen molar-refractivity contribution < 1.29 is 35.4 Å². The van der Waals surface area contributed by atoms with Gasteiger partial charge in [-0.3, -0.25) is 0 Å². The molecule has 0 radical (unpaired) electrons. The van der Waals surface area contributed by atoms with E-state index in [0.29, 0.717) is 44.5 Å². The Hall–Kier alpha value is -3.72. The minimum atomic E-state index is -1.01. The summed E-state index contributed by atoms with van der Waals surface area (Å²) in [7, 11) is 0. The lowest BCUT2D eigenvalue weighted by atomic mass is 9.79. The van der Waals surface area contributed by atoms with Gasteiger partial charge < -0.3 is 51.4 Å². The molecule has 0 unspecified atom stereocenters. The predicted octanol–water partition coefficient (Wildman–Crippen LogP) is 3.36. The Morgan fingerprint density at radius 1 is 1.02 bits per heavy atom. The molecule has 10 heteroatoms. The molecule has 2 heterocycles. The maximum atomic E-state index is 11.5. The van der Waals surface area contributed by atoms with Gasteiger partial charge in [0.2, 0.25) is 0 Å². The van der Waals surface area contributed by atoms with Crippen LogP contribution in [0.5, 0.6) is 11.5 Å². The maximum absolute atomic E-state index is 11.5. The van der Waals surface area contributed by atoms with E-state index in [2.05, 4.69) is 28.2 Å². The predicted molar refractivity (Wildman–Crippen MR) is 188 cm³/mol. The lowest BCUT2D eigenvalue weighted by Crippen LogP contribution is -2.37. The fourth-order valence-electron chi connectivity index (χ4n) is 7.46. The van der Waals surface area contributed by atoms with Crippen molar-refractivity contribution in [3.8, 4) is 23.3 Å². The van der Waals surface area contributed by atoms with Crippen molar-refractivity contribution in [2.24, 2.45) is 29.4 Å². The Kier molecular flexibility index (Phi) is 13.3. The third kappa shape index (κ3) is 9.93. The number of allylic oxidation sites excluding steroid dienone is 4. The fourth-order valence-corrected chi connectivity index (χ4v) is 7.46. The van der Waals surface area contributed by atoms with Crippen LogP contribution in [0.1, 0.15) is 68.5 Å². The van der Waals surface area contributed by atoms with Gasteiger partial charge in [0.05, 0.1) is 24.1 Å². The molecule has 2 aromatic rings. The minimum absolute atomic E-state index is 0.0776. The van der Waals surface area contributed by atoms with E-state index in [9.17, 15) is 30.6 Å². The highest BCUT2D eigenvalue weighted by Crippen LogP contribution is 2.40. The average Bonchev–Trinajstić information content (AvgIpc) is 3.54. The molecule has 1 aliphatic heterocycles. The summed E-state index contributed by atoms with van der Waals surface area (Å²) in [5.74, 6) is 6.30. The minimum Gasteiger partial charge on any atom is -0.504 e. The molecule has 49 heavy (non-hydrogen) atoms. The van der Waals surface area contributed by atoms with E-state index in [4.69, 9.17) is 10.5 Å². The van der Waals surface area contributed by atoms with E-state index in [-0.39, 0.29) is 54.8 Å². The highest BCUT2D eigenvalue weighted by Gasteiger charge is 2.36. The molecule has 10 nitrogen and oxygen atoms in total. The normalized spacial score (nSPS) is 27.5. The van der Waals surface area contributed by atoms with Gasteiger partial charge in [0.25, 0.3) is 0 Å². The van der Waals surface area contributed by atoms with Crippen molar-refractivity contribution in [2.45, 2.75) is 88.1 Å². The van der Waals surface area contributed by atoms with Gasteiger partial charge in [0, 0.05) is 61.7 Å². The molecular formula is C39H53N3O7. The molecule has 10 N–H and O–H groups in total. The fraction of sp³-hybridized carbons (Fsp3) is 0.538. The summed E-state index contributed by atoms with van der Waals surface area (Å²) in [6.45, 7) is 0.436. The maximum Gasteiger partial charge on any atom is 0.161 e. The second kappa shape index (κ2) is 17.8. The van der Waals surface area contributed by atoms with Crippen LogP contribution in [0.25, 0.3) is 0 Å². The number of phenolic OH excluding ortho intramolecular Hbond substituents is 1. The van der Waals surface area contributed by atoms with Crippen LogP contribution in [0.4, 0.5) is 0 Å². The number of phenols is 1. The molecule has 0 spiro atoms. The number of aliphatic hydroxyl groups is 5. The quantitative estimate of drug-likeness (QED) is 0.114. The number of aromatic nitrogens is 1. The standard InChI is InChI=1S/C39H53N3O7/c40-38-24-29(13-17-42-38)30(20-31-5-3-16-41-31)23-37(33(46)15-19-44)49-36-22-28(11-12-32(36)45)27-10-9-26-8-7-25(14-18-43)4-1-2-6-34(47)39(26)35(48)21-27/h3,5,9-13,16,22,24-27,30,33-35,37,39,41-48H,1-2,4,6,14-15,17-21,23,40H2/t25-,26+,27-,30-,33+,34-,35+,37-,39+/m0/s1. The second-order valence-corrected chi connectivity index (χ2v) is 13.7. The van der Waals surface area contributed by atoms with Gasteiger partial charge in [-0.15, -0.1) is 0 Å². The van der Waals surface area contributed by atoms with E-state index in [1.165, 1.54) is 0 Å². The Labute approximate surface area is 289 Å². The number of hydrogen-bond acceptors (Lipinski definition) is 9. The van der Waals surface area contributed by atoms with Crippen molar-refractivity contribution >= 4 is 0 Å². The van der Waals surface area contributed by atoms with Gasteiger partial charge >= 0.3 is 0 Å². The van der Waals surface area contributed by atoms with Crippen molar-refractivity contribution in [3.05, 3.63) is 83.5 Å². The molecule has 0 saturated heterocycles. The van der Waals surface area contributed by atoms with Crippen LogP contribution in [-0.2, 0) is 6.42 Å². The first-order valence-electron chi connectivity index (χ1n) is 17.7. The number of nitrogens with two attached hydrogens (primary N) is 1. The Morgan fingerprint density at radius 2 is 1.86 bits per heavy atom. The largest absolute Gasteiger partial charge is 0.504 e. The number of aliphatic hydroxyl groups excluding tert-OH is 5. The lowest BCUT2D eigenvalue weighted by molar-refractivity contribution is -0.00711. The van der Waals surface area contributed by atoms with Crippen LogP contribution in [0.3, 0.4) is 0 Å². The highest BCUT2D eigenvalue weighted by atomic mass is 16.5. The van der Waals surface area contributed by atoms with Crippen LogP contribution in [0.15, 0.2) is 72.2 Å². The third-order valence-corrected chi connectivity index (χ3v) is 10.2. The topological polar surface area (TPSA) is 184 Å². The van der Waals surface area contributed by atoms with Gasteiger partial charge in [-0.05, 0) is 85.9 Å². The number of benzene rings is 1. The third-order valence-electron chi connectivity index (χ3n) is 10.2. The number of nitrogens with one attached hydrogen (secondary N) is 2. The number of fused-ring (bicyclic) bond motifs is 1. The molecule has 5 rings (SSSR count). The van der Waals surface area contributed by atoms with Gasteiger partial charge in [0.1, 0.15) is 6.10 Å². The molecule has 266 valence electrons. The average molecular weight is 676 g/mol. The first kappa shape index (κ1) is 36.6. The van der Waals surface area contributed by atoms with Crippen LogP contribution >= 0.6 is 0 Å². The van der Waals surface area contributed by atoms with Crippen LogP contribution in [0, 0.1) is 35.5 Å². The SMILES string of the molecule is NC1=CC([C@@H](Cc2ccc[nH]2)C[C@H](Oc2cc([C@H]3C=C[C@H]4C#C[C@@H](CCO)CCCC[C@H](O)[C@@H]4[C@H](O)C3)ccc2O)[C@H](O)CCO)=CCN1. The number of hydrogen-bond donors (Lipinski definition) is 9. The summed E-state index contributed by atoms with van der Waals surface area (Å²) in [6.07, 6.45) is 11.8. The monoisotopic (exact) mass is 675 g/mol. The zero-order chi connectivity index (χ0) is 34.8. The van der Waals surface area contributed by atoms with Crippen molar-refractivity contribution in [3.63, 3.8) is 0 Å². The van der Waals surface area contributed by atoms with Crippen molar-refractivity contribution in [2.75, 3.05) is 19.8 Å². The van der Waals surface area contributed by atoms with E-state index >= 15 is 0 Å². The van der Waals surface area contributed by atoms with Crippen LogP contribution in [-0.4, -0.2) is 79.8 Å². The summed E-state index contributed by atoms with van der Waals surface area (Å²) < 4.78 is 6.44. The number of H-pyrrole nitrogens is 1. The first-order chi connectivity index (χ1) is 23.7. The lowest BCUT2D eigenvalue weighted by Gasteiger charge is -2.31. The summed E-state index contributed by atoms with van der Waals surface area (Å²) in [5.41, 5.74) is 8.96. The van der Waals surface area contributed by atoms with Crippen molar-refractivity contribution in [1.82, 2.24) is 10.3 Å². The molecule has 1 aromatic carbocycles. The summed E-state index contributed by atoms with van der Waals surface area (Å²) in [4.78, 5) is 3.26.